The van der Waals surface area contributed by atoms with E-state index in [4.69, 9.17) is 10.5 Å². The Morgan fingerprint density at radius 3 is 2.64 bits per heavy atom. The normalized spacial score (nSPS) is 24.8. The van der Waals surface area contributed by atoms with Gasteiger partial charge in [-0.1, -0.05) is 13.8 Å². The van der Waals surface area contributed by atoms with Crippen LogP contribution in [0, 0.1) is 5.92 Å². The van der Waals surface area contributed by atoms with Gasteiger partial charge in [0.25, 0.3) is 0 Å². The van der Waals surface area contributed by atoms with Crippen molar-refractivity contribution in [2.75, 3.05) is 20.3 Å². The van der Waals surface area contributed by atoms with Gasteiger partial charge in [-0.25, -0.2) is 0 Å². The highest BCUT2D eigenvalue weighted by Gasteiger charge is 2.33. The third-order valence-corrected chi connectivity index (χ3v) is 2.70. The summed E-state index contributed by atoms with van der Waals surface area (Å²) in [6.07, 6.45) is 0.479. The molecule has 0 spiro atoms. The van der Waals surface area contributed by atoms with Crippen LogP contribution in [0.5, 0.6) is 0 Å². The van der Waals surface area contributed by atoms with Crippen LogP contribution in [0.1, 0.15) is 20.3 Å². The van der Waals surface area contributed by atoms with E-state index in [-0.39, 0.29) is 18.0 Å². The molecule has 2 unspecified atom stereocenters. The predicted octanol–water partition coefficient (Wildman–Crippen LogP) is 0.217. The highest BCUT2D eigenvalue weighted by atomic mass is 16.5. The zero-order chi connectivity index (χ0) is 10.7. The second-order valence-electron chi connectivity index (χ2n) is 4.28. The predicted molar refractivity (Wildman–Crippen MR) is 54.8 cm³/mol. The van der Waals surface area contributed by atoms with E-state index in [0.29, 0.717) is 25.5 Å². The van der Waals surface area contributed by atoms with Crippen LogP contribution in [0.15, 0.2) is 0 Å². The van der Waals surface area contributed by atoms with Crippen LogP contribution in [0.25, 0.3) is 0 Å². The highest BCUT2D eigenvalue weighted by molar-refractivity contribution is 5.79. The van der Waals surface area contributed by atoms with Gasteiger partial charge in [0.1, 0.15) is 0 Å². The third-order valence-electron chi connectivity index (χ3n) is 2.70. The Balaban J connectivity index is 2.63. The Hall–Kier alpha value is -0.610. The number of nitrogens with zero attached hydrogens (tertiary/aromatic N) is 1. The molecule has 1 amide bonds. The zero-order valence-electron chi connectivity index (χ0n) is 9.19. The molecule has 0 radical (unpaired) electrons. The van der Waals surface area contributed by atoms with E-state index >= 15 is 0 Å². The van der Waals surface area contributed by atoms with Crippen molar-refractivity contribution >= 4 is 5.91 Å². The lowest BCUT2D eigenvalue weighted by atomic mass is 10.0. The van der Waals surface area contributed by atoms with E-state index in [9.17, 15) is 4.79 Å². The molecule has 1 heterocycles. The standard InChI is InChI=1S/C10H20N2O2/c1-7(2)9(6-14-3)12-5-8(11)4-10(12)13/h7-9H,4-6,11H2,1-3H3. The number of carbonyl (C=O) groups excluding carboxylic acids is 1. The van der Waals surface area contributed by atoms with Gasteiger partial charge >= 0.3 is 0 Å². The summed E-state index contributed by atoms with van der Waals surface area (Å²) in [7, 11) is 1.66. The van der Waals surface area contributed by atoms with E-state index < -0.39 is 0 Å². The van der Waals surface area contributed by atoms with E-state index in [0.717, 1.165) is 0 Å². The summed E-state index contributed by atoms with van der Waals surface area (Å²) in [5.41, 5.74) is 5.75. The van der Waals surface area contributed by atoms with Crippen LogP contribution in [0.3, 0.4) is 0 Å². The molecule has 4 nitrogen and oxygen atoms in total. The van der Waals surface area contributed by atoms with E-state index in [2.05, 4.69) is 13.8 Å². The molecule has 0 bridgehead atoms. The topological polar surface area (TPSA) is 55.6 Å². The lowest BCUT2D eigenvalue weighted by molar-refractivity contribution is -0.131. The van der Waals surface area contributed by atoms with E-state index in [1.807, 2.05) is 4.90 Å². The molecule has 1 rings (SSSR count). The number of hydrogen-bond acceptors (Lipinski definition) is 3. The van der Waals surface area contributed by atoms with Crippen molar-refractivity contribution in [3.8, 4) is 0 Å². The lowest BCUT2D eigenvalue weighted by Gasteiger charge is -2.30. The second-order valence-corrected chi connectivity index (χ2v) is 4.28. The SMILES string of the molecule is COCC(C(C)C)N1CC(N)CC1=O. The summed E-state index contributed by atoms with van der Waals surface area (Å²) in [6.45, 7) is 5.46. The first kappa shape index (κ1) is 11.5. The van der Waals surface area contributed by atoms with Crippen LogP contribution in [-0.4, -0.2) is 43.2 Å². The maximum Gasteiger partial charge on any atom is 0.224 e. The third kappa shape index (κ3) is 2.45. The number of nitrogens with two attached hydrogens (primary N) is 1. The van der Waals surface area contributed by atoms with Crippen LogP contribution in [0.2, 0.25) is 0 Å². The molecular formula is C10H20N2O2. The minimum atomic E-state index is 0.000561. The number of likely N-dealkylation sites (tertiary alicyclic amines) is 1. The van der Waals surface area contributed by atoms with Crippen molar-refractivity contribution in [1.82, 2.24) is 4.90 Å². The van der Waals surface area contributed by atoms with Crippen LogP contribution >= 0.6 is 0 Å². The number of rotatable bonds is 4. The second kappa shape index (κ2) is 4.75. The van der Waals surface area contributed by atoms with Gasteiger partial charge in [0.05, 0.1) is 12.6 Å². The number of methoxy groups -OCH3 is 1. The maximum absolute atomic E-state index is 11.6. The van der Waals surface area contributed by atoms with Crippen LogP contribution in [-0.2, 0) is 9.53 Å². The summed E-state index contributed by atoms with van der Waals surface area (Å²) >= 11 is 0. The molecule has 2 N–H and O–H groups in total. The smallest absolute Gasteiger partial charge is 0.224 e. The Morgan fingerprint density at radius 1 is 1.64 bits per heavy atom. The minimum absolute atomic E-state index is 0.000561. The van der Waals surface area contributed by atoms with Gasteiger partial charge in [0.2, 0.25) is 5.91 Å². The summed E-state index contributed by atoms with van der Waals surface area (Å²) in [5.74, 6) is 0.567. The molecule has 0 saturated carbocycles. The molecule has 0 aromatic rings. The number of ether oxygens (including phenoxy) is 1. The Morgan fingerprint density at radius 2 is 2.29 bits per heavy atom. The van der Waals surface area contributed by atoms with Crippen LogP contribution in [0.4, 0.5) is 0 Å². The molecule has 1 aliphatic rings. The molecule has 1 aliphatic heterocycles. The molecule has 2 atom stereocenters. The molecule has 0 aliphatic carbocycles. The molecule has 0 aromatic carbocycles. The molecular weight excluding hydrogens is 180 g/mol. The van der Waals surface area contributed by atoms with Crippen molar-refractivity contribution in [2.45, 2.75) is 32.4 Å². The Labute approximate surface area is 85.4 Å². The molecule has 4 heteroatoms. The number of hydrogen-bond donors (Lipinski definition) is 1. The first-order valence-electron chi connectivity index (χ1n) is 5.10. The van der Waals surface area contributed by atoms with Crippen molar-refractivity contribution < 1.29 is 9.53 Å². The quantitative estimate of drug-likeness (QED) is 0.706. The lowest BCUT2D eigenvalue weighted by Crippen LogP contribution is -2.43. The average molecular weight is 200 g/mol. The summed E-state index contributed by atoms with van der Waals surface area (Å²) in [6, 6.07) is 0.168. The zero-order valence-corrected chi connectivity index (χ0v) is 9.19. The first-order chi connectivity index (χ1) is 6.56. The van der Waals surface area contributed by atoms with Gasteiger partial charge in [0, 0.05) is 26.1 Å². The molecule has 1 saturated heterocycles. The van der Waals surface area contributed by atoms with Crippen molar-refractivity contribution in [3.63, 3.8) is 0 Å². The molecule has 0 aromatic heterocycles. The Kier molecular flexibility index (Phi) is 3.89. The fourth-order valence-electron chi connectivity index (χ4n) is 1.89. The fraction of sp³-hybridized carbons (Fsp3) is 0.900. The van der Waals surface area contributed by atoms with Gasteiger partial charge in [0.15, 0.2) is 0 Å². The highest BCUT2D eigenvalue weighted by Crippen LogP contribution is 2.18. The van der Waals surface area contributed by atoms with E-state index in [1.54, 1.807) is 7.11 Å². The average Bonchev–Trinajstić information content (AvgIpc) is 2.40. The van der Waals surface area contributed by atoms with Gasteiger partial charge in [-0.05, 0) is 5.92 Å². The number of amides is 1. The van der Waals surface area contributed by atoms with Crippen LogP contribution < -0.4 is 5.73 Å². The number of carbonyl (C=O) groups is 1. The summed E-state index contributed by atoms with van der Waals surface area (Å²) in [5, 5.41) is 0. The van der Waals surface area contributed by atoms with Crippen molar-refractivity contribution in [2.24, 2.45) is 11.7 Å². The summed E-state index contributed by atoms with van der Waals surface area (Å²) < 4.78 is 5.13. The first-order valence-corrected chi connectivity index (χ1v) is 5.10. The van der Waals surface area contributed by atoms with Gasteiger partial charge in [-0.3, -0.25) is 4.79 Å². The van der Waals surface area contributed by atoms with Crippen molar-refractivity contribution in [3.05, 3.63) is 0 Å². The van der Waals surface area contributed by atoms with E-state index in [1.165, 1.54) is 0 Å². The largest absolute Gasteiger partial charge is 0.383 e. The van der Waals surface area contributed by atoms with Gasteiger partial charge < -0.3 is 15.4 Å². The molecule has 1 fully saturated rings. The monoisotopic (exact) mass is 200 g/mol. The minimum Gasteiger partial charge on any atom is -0.383 e. The Bertz CT molecular complexity index is 206. The summed E-state index contributed by atoms with van der Waals surface area (Å²) in [4.78, 5) is 13.5. The molecule has 14 heavy (non-hydrogen) atoms. The maximum atomic E-state index is 11.6. The van der Waals surface area contributed by atoms with Gasteiger partial charge in [-0.2, -0.15) is 0 Å². The van der Waals surface area contributed by atoms with Crippen molar-refractivity contribution in [1.29, 1.82) is 0 Å². The fourth-order valence-corrected chi connectivity index (χ4v) is 1.89. The van der Waals surface area contributed by atoms with Gasteiger partial charge in [-0.15, -0.1) is 0 Å². The molecule has 82 valence electrons.